The molecule has 0 unspecified atom stereocenters. The second-order valence-electron chi connectivity index (χ2n) is 5.31. The van der Waals surface area contributed by atoms with Crippen LogP contribution in [0.1, 0.15) is 29.2 Å². The van der Waals surface area contributed by atoms with E-state index in [2.05, 4.69) is 10.4 Å². The highest BCUT2D eigenvalue weighted by molar-refractivity contribution is 5.81. The lowest BCUT2D eigenvalue weighted by Crippen LogP contribution is -2.29. The molecule has 0 radical (unpaired) electrons. The smallest absolute Gasteiger partial charge is 0.272 e. The average molecular weight is 285 g/mol. The van der Waals surface area contributed by atoms with Crippen molar-refractivity contribution < 1.29 is 9.90 Å². The number of carbonyl (C=O) groups is 1. The molecule has 1 aromatic carbocycles. The summed E-state index contributed by atoms with van der Waals surface area (Å²) in [7, 11) is 0. The monoisotopic (exact) mass is 285 g/mol. The Kier molecular flexibility index (Phi) is 4.13. The van der Waals surface area contributed by atoms with Crippen LogP contribution in [0.4, 0.5) is 0 Å². The third-order valence-electron chi connectivity index (χ3n) is 3.94. The molecule has 1 aromatic heterocycles. The maximum absolute atomic E-state index is 12.0. The van der Waals surface area contributed by atoms with E-state index >= 15 is 0 Å². The summed E-state index contributed by atoms with van der Waals surface area (Å²) in [4.78, 5) is 12.0. The van der Waals surface area contributed by atoms with Gasteiger partial charge in [-0.1, -0.05) is 30.3 Å². The van der Waals surface area contributed by atoms with Gasteiger partial charge >= 0.3 is 0 Å². The normalized spacial score (nSPS) is 16.0. The maximum Gasteiger partial charge on any atom is 0.272 e. The van der Waals surface area contributed by atoms with Crippen LogP contribution in [0.5, 0.6) is 0 Å². The van der Waals surface area contributed by atoms with Gasteiger partial charge in [-0.25, -0.2) is 4.68 Å². The molecule has 2 aromatic rings. The highest BCUT2D eigenvalue weighted by atomic mass is 16.3. The van der Waals surface area contributed by atoms with Gasteiger partial charge in [0.1, 0.15) is 6.61 Å². The number of piperidine rings is 1. The van der Waals surface area contributed by atoms with Crippen LogP contribution < -0.4 is 5.32 Å². The number of nitrogens with one attached hydrogen (secondary N) is 1. The fraction of sp³-hybridized carbons (Fsp3) is 0.375. The van der Waals surface area contributed by atoms with Gasteiger partial charge in [-0.3, -0.25) is 4.79 Å². The van der Waals surface area contributed by atoms with Crippen molar-refractivity contribution in [3.63, 3.8) is 0 Å². The Morgan fingerprint density at radius 3 is 2.67 bits per heavy atom. The molecule has 5 heteroatoms. The third-order valence-corrected chi connectivity index (χ3v) is 3.94. The zero-order chi connectivity index (χ0) is 14.7. The minimum Gasteiger partial charge on any atom is -0.386 e. The molecule has 0 atom stereocenters. The van der Waals surface area contributed by atoms with Gasteiger partial charge in [-0.2, -0.15) is 5.10 Å². The van der Waals surface area contributed by atoms with Crippen LogP contribution in [0.3, 0.4) is 0 Å². The van der Waals surface area contributed by atoms with Crippen LogP contribution in [0, 0.1) is 0 Å². The molecular formula is C16H19N3O2. The number of benzene rings is 1. The van der Waals surface area contributed by atoms with Crippen LogP contribution in [0.15, 0.2) is 36.4 Å². The Bertz CT molecular complexity index is 616. The van der Waals surface area contributed by atoms with Gasteiger partial charge in [0.15, 0.2) is 0 Å². The van der Waals surface area contributed by atoms with E-state index in [0.717, 1.165) is 42.9 Å². The van der Waals surface area contributed by atoms with Crippen molar-refractivity contribution in [1.29, 1.82) is 0 Å². The van der Waals surface area contributed by atoms with Crippen LogP contribution >= 0.6 is 0 Å². The minimum atomic E-state index is -0.520. The van der Waals surface area contributed by atoms with Crippen LogP contribution in [-0.2, 0) is 0 Å². The van der Waals surface area contributed by atoms with E-state index in [1.165, 1.54) is 4.68 Å². The number of aromatic nitrogens is 2. The van der Waals surface area contributed by atoms with Gasteiger partial charge in [0.2, 0.25) is 0 Å². The number of rotatable bonds is 3. The first-order chi connectivity index (χ1) is 10.3. The topological polar surface area (TPSA) is 67.1 Å². The number of hydrogen-bond donors (Lipinski definition) is 2. The molecule has 1 aliphatic heterocycles. The summed E-state index contributed by atoms with van der Waals surface area (Å²) in [6.07, 6.45) is 1.97. The predicted molar refractivity (Wildman–Crippen MR) is 80.2 cm³/mol. The largest absolute Gasteiger partial charge is 0.386 e. The van der Waals surface area contributed by atoms with Crippen molar-refractivity contribution >= 4 is 5.91 Å². The molecule has 1 saturated heterocycles. The lowest BCUT2D eigenvalue weighted by atomic mass is 9.94. The second-order valence-corrected chi connectivity index (χ2v) is 5.31. The maximum atomic E-state index is 12.0. The van der Waals surface area contributed by atoms with Crippen LogP contribution in [0.25, 0.3) is 11.3 Å². The van der Waals surface area contributed by atoms with E-state index in [9.17, 15) is 4.79 Å². The second kappa shape index (κ2) is 6.20. The van der Waals surface area contributed by atoms with Crippen LogP contribution in [0.2, 0.25) is 0 Å². The van der Waals surface area contributed by atoms with Crippen molar-refractivity contribution in [2.45, 2.75) is 18.8 Å². The third kappa shape index (κ3) is 2.89. The van der Waals surface area contributed by atoms with Crippen molar-refractivity contribution in [1.82, 2.24) is 15.1 Å². The van der Waals surface area contributed by atoms with Gasteiger partial charge in [0.25, 0.3) is 5.91 Å². The number of nitrogens with zero attached hydrogens (tertiary/aromatic N) is 2. The molecule has 0 saturated carbocycles. The fourth-order valence-corrected chi connectivity index (χ4v) is 2.82. The minimum absolute atomic E-state index is 0.312. The molecule has 21 heavy (non-hydrogen) atoms. The fourth-order valence-electron chi connectivity index (χ4n) is 2.82. The molecule has 0 aliphatic carbocycles. The summed E-state index contributed by atoms with van der Waals surface area (Å²) in [5, 5.41) is 16.9. The zero-order valence-corrected chi connectivity index (χ0v) is 11.8. The molecule has 5 nitrogen and oxygen atoms in total. The SMILES string of the molecule is O=C(CO)n1nc(-c2ccccc2)cc1C1CCNCC1. The molecule has 0 spiro atoms. The quantitative estimate of drug-likeness (QED) is 0.900. The van der Waals surface area contributed by atoms with E-state index in [0.29, 0.717) is 5.92 Å². The summed E-state index contributed by atoms with van der Waals surface area (Å²) in [6, 6.07) is 11.8. The van der Waals surface area contributed by atoms with E-state index in [1.54, 1.807) is 0 Å². The average Bonchev–Trinajstić information content (AvgIpc) is 3.01. The molecule has 2 heterocycles. The number of carbonyl (C=O) groups excluding carboxylic acids is 1. The number of hydrogen-bond acceptors (Lipinski definition) is 4. The summed E-state index contributed by atoms with van der Waals surface area (Å²) in [5.41, 5.74) is 2.68. The highest BCUT2D eigenvalue weighted by Crippen LogP contribution is 2.29. The van der Waals surface area contributed by atoms with Crippen molar-refractivity contribution in [2.75, 3.05) is 19.7 Å². The number of aliphatic hydroxyl groups is 1. The molecule has 110 valence electrons. The van der Waals surface area contributed by atoms with E-state index < -0.39 is 6.61 Å². The first-order valence-corrected chi connectivity index (χ1v) is 7.30. The molecular weight excluding hydrogens is 266 g/mol. The van der Waals surface area contributed by atoms with Crippen molar-refractivity contribution in [3.05, 3.63) is 42.1 Å². The zero-order valence-electron chi connectivity index (χ0n) is 11.8. The summed E-state index contributed by atoms with van der Waals surface area (Å²) in [6.45, 7) is 1.38. The molecule has 1 fully saturated rings. The molecule has 1 aliphatic rings. The van der Waals surface area contributed by atoms with E-state index in [1.807, 2.05) is 36.4 Å². The molecule has 0 bridgehead atoms. The number of aliphatic hydroxyl groups excluding tert-OH is 1. The first kappa shape index (κ1) is 14.0. The summed E-state index contributed by atoms with van der Waals surface area (Å²) in [5.74, 6) is -0.0579. The predicted octanol–water partition coefficient (Wildman–Crippen LogP) is 1.65. The van der Waals surface area contributed by atoms with Gasteiger partial charge in [0.05, 0.1) is 11.4 Å². The lowest BCUT2D eigenvalue weighted by Gasteiger charge is -2.22. The Hall–Kier alpha value is -1.98. The van der Waals surface area contributed by atoms with Crippen LogP contribution in [-0.4, -0.2) is 40.5 Å². The highest BCUT2D eigenvalue weighted by Gasteiger charge is 2.23. The van der Waals surface area contributed by atoms with E-state index in [4.69, 9.17) is 5.11 Å². The lowest BCUT2D eigenvalue weighted by molar-refractivity contribution is 0.0795. The van der Waals surface area contributed by atoms with Gasteiger partial charge in [-0.15, -0.1) is 0 Å². The van der Waals surface area contributed by atoms with Crippen molar-refractivity contribution in [3.8, 4) is 11.3 Å². The van der Waals surface area contributed by atoms with E-state index in [-0.39, 0.29) is 5.91 Å². The standard InChI is InChI=1S/C16H19N3O2/c20-11-16(21)19-15(13-6-8-17-9-7-13)10-14(18-19)12-4-2-1-3-5-12/h1-5,10,13,17,20H,6-9,11H2. The molecule has 0 amide bonds. The summed E-state index contributed by atoms with van der Waals surface area (Å²) < 4.78 is 1.39. The van der Waals surface area contributed by atoms with Gasteiger partial charge < -0.3 is 10.4 Å². The van der Waals surface area contributed by atoms with Crippen molar-refractivity contribution in [2.24, 2.45) is 0 Å². The van der Waals surface area contributed by atoms with Gasteiger partial charge in [0, 0.05) is 11.5 Å². The Labute approximate surface area is 123 Å². The Morgan fingerprint density at radius 1 is 1.29 bits per heavy atom. The molecule has 2 N–H and O–H groups in total. The Morgan fingerprint density at radius 2 is 2.00 bits per heavy atom. The molecule has 3 rings (SSSR count). The summed E-state index contributed by atoms with van der Waals surface area (Å²) >= 11 is 0. The van der Waals surface area contributed by atoms with Gasteiger partial charge in [-0.05, 0) is 32.0 Å². The Balaban J connectivity index is 2.00. The first-order valence-electron chi connectivity index (χ1n) is 7.30.